The van der Waals surface area contributed by atoms with Gasteiger partial charge in [-0.3, -0.25) is 9.69 Å². The summed E-state index contributed by atoms with van der Waals surface area (Å²) in [6.45, 7) is 8.44. The second kappa shape index (κ2) is 9.75. The van der Waals surface area contributed by atoms with Gasteiger partial charge in [-0.05, 0) is 89.0 Å². The van der Waals surface area contributed by atoms with E-state index in [0.29, 0.717) is 6.04 Å². The fraction of sp³-hybridized carbons (Fsp3) is 0.696. The van der Waals surface area contributed by atoms with Gasteiger partial charge in [-0.15, -0.1) is 0 Å². The Hall–Kier alpha value is -1.59. The number of likely N-dealkylation sites (tertiary alicyclic amines) is 3. The molecule has 3 heterocycles. The molecule has 3 fully saturated rings. The normalized spacial score (nSPS) is 24.0. The van der Waals surface area contributed by atoms with E-state index >= 15 is 0 Å². The van der Waals surface area contributed by atoms with Crippen molar-refractivity contribution in [1.29, 1.82) is 0 Å². The summed E-state index contributed by atoms with van der Waals surface area (Å²) in [6.07, 6.45) is 8.86. The summed E-state index contributed by atoms with van der Waals surface area (Å²) in [5.41, 5.74) is 0.789. The minimum absolute atomic E-state index is 0.182. The maximum Gasteiger partial charge on any atom is 0.254 e. The fourth-order valence-electron chi connectivity index (χ4n) is 4.89. The van der Waals surface area contributed by atoms with E-state index in [1.54, 1.807) is 0 Å². The highest BCUT2D eigenvalue weighted by molar-refractivity contribution is 5.94. The van der Waals surface area contributed by atoms with Gasteiger partial charge in [0.2, 0.25) is 0 Å². The van der Waals surface area contributed by atoms with Crippen molar-refractivity contribution in [3.8, 4) is 5.75 Å². The molecule has 0 bridgehead atoms. The first-order valence-electron chi connectivity index (χ1n) is 11.3. The first-order chi connectivity index (χ1) is 13.8. The smallest absolute Gasteiger partial charge is 0.254 e. The van der Waals surface area contributed by atoms with Crippen LogP contribution < -0.4 is 4.74 Å². The Labute approximate surface area is 169 Å². The Bertz CT molecular complexity index is 621. The molecule has 0 aliphatic carbocycles. The third-order valence-corrected chi connectivity index (χ3v) is 6.53. The lowest BCUT2D eigenvalue weighted by molar-refractivity contribution is 0.0708. The number of nitrogens with zero attached hydrogens (tertiary/aromatic N) is 3. The van der Waals surface area contributed by atoms with Crippen LogP contribution in [0.5, 0.6) is 5.75 Å². The molecule has 0 saturated carbocycles. The van der Waals surface area contributed by atoms with Gasteiger partial charge in [0, 0.05) is 31.2 Å². The van der Waals surface area contributed by atoms with E-state index in [-0.39, 0.29) is 5.91 Å². The number of hydrogen-bond donors (Lipinski definition) is 0. The summed E-state index contributed by atoms with van der Waals surface area (Å²) >= 11 is 0. The average molecular weight is 386 g/mol. The number of hydrogen-bond acceptors (Lipinski definition) is 4. The molecule has 28 heavy (non-hydrogen) atoms. The first kappa shape index (κ1) is 19.7. The van der Waals surface area contributed by atoms with Gasteiger partial charge in [-0.1, -0.05) is 6.42 Å². The molecule has 0 radical (unpaired) electrons. The van der Waals surface area contributed by atoms with Gasteiger partial charge in [-0.2, -0.15) is 0 Å². The number of piperidine rings is 1. The zero-order valence-electron chi connectivity index (χ0n) is 17.2. The van der Waals surface area contributed by atoms with Crippen LogP contribution in [0.3, 0.4) is 0 Å². The zero-order valence-corrected chi connectivity index (χ0v) is 17.2. The van der Waals surface area contributed by atoms with Gasteiger partial charge < -0.3 is 14.5 Å². The van der Waals surface area contributed by atoms with Crippen LogP contribution in [0.15, 0.2) is 24.3 Å². The molecule has 5 heteroatoms. The van der Waals surface area contributed by atoms with E-state index < -0.39 is 0 Å². The molecule has 3 aliphatic rings. The summed E-state index contributed by atoms with van der Waals surface area (Å²) in [7, 11) is 0. The molecule has 0 spiro atoms. The minimum Gasteiger partial charge on any atom is -0.492 e. The second-order valence-corrected chi connectivity index (χ2v) is 8.58. The standard InChI is InChI=1S/C23H35N3O2/c27-23(26-16-6-7-21(26)19-25-14-4-5-15-25)20-8-10-22(11-9-20)28-18-17-24-12-2-1-3-13-24/h8-11,21H,1-7,12-19H2/t21-/m0/s1. The van der Waals surface area contributed by atoms with Crippen molar-refractivity contribution in [1.82, 2.24) is 14.7 Å². The van der Waals surface area contributed by atoms with Crippen molar-refractivity contribution in [2.45, 2.75) is 51.0 Å². The molecular formula is C23H35N3O2. The van der Waals surface area contributed by atoms with Crippen LogP contribution >= 0.6 is 0 Å². The van der Waals surface area contributed by atoms with Crippen LogP contribution in [0.25, 0.3) is 0 Å². The Kier molecular flexibility index (Phi) is 6.86. The van der Waals surface area contributed by atoms with Crippen LogP contribution in [-0.4, -0.2) is 79.1 Å². The van der Waals surface area contributed by atoms with Crippen LogP contribution in [0.2, 0.25) is 0 Å². The van der Waals surface area contributed by atoms with E-state index in [4.69, 9.17) is 4.74 Å². The predicted octanol–water partition coefficient (Wildman–Crippen LogP) is 3.25. The van der Waals surface area contributed by atoms with Gasteiger partial charge >= 0.3 is 0 Å². The molecule has 0 aromatic heterocycles. The number of amides is 1. The lowest BCUT2D eigenvalue weighted by Gasteiger charge is -2.28. The molecule has 0 unspecified atom stereocenters. The van der Waals surface area contributed by atoms with Gasteiger partial charge in [0.05, 0.1) is 0 Å². The molecule has 5 nitrogen and oxygen atoms in total. The van der Waals surface area contributed by atoms with E-state index in [9.17, 15) is 4.79 Å². The molecular weight excluding hydrogens is 350 g/mol. The number of benzene rings is 1. The van der Waals surface area contributed by atoms with Crippen molar-refractivity contribution >= 4 is 5.91 Å². The molecule has 0 N–H and O–H groups in total. The second-order valence-electron chi connectivity index (χ2n) is 8.58. The number of ether oxygens (including phenoxy) is 1. The van der Waals surface area contributed by atoms with Crippen molar-refractivity contribution in [3.63, 3.8) is 0 Å². The molecule has 154 valence electrons. The van der Waals surface area contributed by atoms with Gasteiger partial charge in [0.25, 0.3) is 5.91 Å². The number of carbonyl (C=O) groups excluding carboxylic acids is 1. The third-order valence-electron chi connectivity index (χ3n) is 6.53. The van der Waals surface area contributed by atoms with Crippen LogP contribution in [0.4, 0.5) is 0 Å². The van der Waals surface area contributed by atoms with E-state index in [1.807, 2.05) is 24.3 Å². The maximum atomic E-state index is 13.0. The van der Waals surface area contributed by atoms with Crippen LogP contribution in [-0.2, 0) is 0 Å². The van der Waals surface area contributed by atoms with Crippen molar-refractivity contribution in [3.05, 3.63) is 29.8 Å². The van der Waals surface area contributed by atoms with Crippen LogP contribution in [0.1, 0.15) is 55.3 Å². The topological polar surface area (TPSA) is 36.0 Å². The average Bonchev–Trinajstić information content (AvgIpc) is 3.41. The summed E-state index contributed by atoms with van der Waals surface area (Å²) in [4.78, 5) is 20.1. The van der Waals surface area contributed by atoms with E-state index in [1.165, 1.54) is 58.3 Å². The van der Waals surface area contributed by atoms with Crippen LogP contribution in [0, 0.1) is 0 Å². The quantitative estimate of drug-likeness (QED) is 0.722. The van der Waals surface area contributed by atoms with Crippen molar-refractivity contribution in [2.24, 2.45) is 0 Å². The highest BCUT2D eigenvalue weighted by Crippen LogP contribution is 2.23. The minimum atomic E-state index is 0.182. The highest BCUT2D eigenvalue weighted by atomic mass is 16.5. The SMILES string of the molecule is O=C(c1ccc(OCCN2CCCCC2)cc1)N1CCC[C@H]1CN1CCCC1. The highest BCUT2D eigenvalue weighted by Gasteiger charge is 2.31. The largest absolute Gasteiger partial charge is 0.492 e. The lowest BCUT2D eigenvalue weighted by atomic mass is 10.1. The molecule has 1 aromatic carbocycles. The molecule has 1 aromatic rings. The number of rotatable bonds is 7. The molecule has 1 atom stereocenters. The molecule has 3 saturated heterocycles. The predicted molar refractivity (Wildman–Crippen MR) is 112 cm³/mol. The Morgan fingerprint density at radius 2 is 1.54 bits per heavy atom. The summed E-state index contributed by atoms with van der Waals surface area (Å²) in [5.74, 6) is 1.05. The van der Waals surface area contributed by atoms with Gasteiger partial charge in [0.1, 0.15) is 12.4 Å². The zero-order chi connectivity index (χ0) is 19.2. The monoisotopic (exact) mass is 385 g/mol. The Balaban J connectivity index is 1.27. The van der Waals surface area contributed by atoms with Gasteiger partial charge in [0.15, 0.2) is 0 Å². The third kappa shape index (κ3) is 5.06. The fourth-order valence-corrected chi connectivity index (χ4v) is 4.89. The molecule has 3 aliphatic heterocycles. The Morgan fingerprint density at radius 3 is 2.29 bits per heavy atom. The Morgan fingerprint density at radius 1 is 0.857 bits per heavy atom. The summed E-state index contributed by atoms with van der Waals surface area (Å²) < 4.78 is 5.91. The first-order valence-corrected chi connectivity index (χ1v) is 11.3. The van der Waals surface area contributed by atoms with Crippen molar-refractivity contribution in [2.75, 3.05) is 52.4 Å². The summed E-state index contributed by atoms with van der Waals surface area (Å²) in [6, 6.07) is 8.16. The number of carbonyl (C=O) groups is 1. The van der Waals surface area contributed by atoms with E-state index in [2.05, 4.69) is 14.7 Å². The van der Waals surface area contributed by atoms with Crippen molar-refractivity contribution < 1.29 is 9.53 Å². The maximum absolute atomic E-state index is 13.0. The summed E-state index contributed by atoms with van der Waals surface area (Å²) in [5, 5.41) is 0. The lowest BCUT2D eigenvalue weighted by Crippen LogP contribution is -2.42. The molecule has 4 rings (SSSR count). The van der Waals surface area contributed by atoms with E-state index in [0.717, 1.165) is 50.4 Å². The van der Waals surface area contributed by atoms with Gasteiger partial charge in [-0.25, -0.2) is 0 Å². The molecule has 1 amide bonds.